The van der Waals surface area contributed by atoms with Crippen LogP contribution in [-0.2, 0) is 11.3 Å². The summed E-state index contributed by atoms with van der Waals surface area (Å²) in [5, 5.41) is 3.30. The monoisotopic (exact) mass is 484 g/mol. The van der Waals surface area contributed by atoms with E-state index in [0.29, 0.717) is 23.7 Å². The van der Waals surface area contributed by atoms with E-state index < -0.39 is 0 Å². The van der Waals surface area contributed by atoms with Crippen LogP contribution in [0, 0.1) is 5.92 Å². The number of hydrogen-bond donors (Lipinski definition) is 2. The highest BCUT2D eigenvalue weighted by Gasteiger charge is 2.34. The van der Waals surface area contributed by atoms with Gasteiger partial charge < -0.3 is 19.9 Å². The van der Waals surface area contributed by atoms with Crippen LogP contribution < -0.4 is 10.1 Å². The molecule has 1 saturated heterocycles. The van der Waals surface area contributed by atoms with Gasteiger partial charge in [-0.25, -0.2) is 19.9 Å². The Morgan fingerprint density at radius 1 is 1.08 bits per heavy atom. The summed E-state index contributed by atoms with van der Waals surface area (Å²) in [5.41, 5.74) is 4.63. The largest absolute Gasteiger partial charge is 0.481 e. The molecule has 10 nitrogen and oxygen atoms in total. The van der Waals surface area contributed by atoms with Gasteiger partial charge in [0.05, 0.1) is 23.8 Å². The number of rotatable bonds is 7. The number of aromatic amines is 1. The van der Waals surface area contributed by atoms with Crippen LogP contribution in [-0.4, -0.2) is 73.9 Å². The summed E-state index contributed by atoms with van der Waals surface area (Å²) >= 11 is 0. The third-order valence-corrected chi connectivity index (χ3v) is 6.72. The number of aromatic nitrogens is 5. The zero-order valence-corrected chi connectivity index (χ0v) is 20.1. The van der Waals surface area contributed by atoms with Crippen LogP contribution >= 0.6 is 0 Å². The molecule has 10 heteroatoms. The number of imidazole rings is 1. The van der Waals surface area contributed by atoms with Gasteiger partial charge in [0, 0.05) is 56.5 Å². The number of nitrogens with zero attached hydrogens (tertiary/aromatic N) is 6. The third kappa shape index (κ3) is 4.85. The van der Waals surface area contributed by atoms with Crippen LogP contribution in [0.15, 0.2) is 48.9 Å². The number of carbonyl (C=O) groups is 1. The molecule has 0 unspecified atom stereocenters. The Balaban J connectivity index is 1.11. The summed E-state index contributed by atoms with van der Waals surface area (Å²) in [6, 6.07) is 11.8. The van der Waals surface area contributed by atoms with E-state index in [1.807, 2.05) is 41.4 Å². The molecule has 1 aromatic carbocycles. The van der Waals surface area contributed by atoms with Crippen LogP contribution in [0.1, 0.15) is 18.4 Å². The maximum absolute atomic E-state index is 12.3. The fourth-order valence-electron chi connectivity index (χ4n) is 4.57. The number of H-pyrrole nitrogens is 1. The smallest absolute Gasteiger partial charge is 0.225 e. The normalized spacial score (nSPS) is 16.3. The van der Waals surface area contributed by atoms with Crippen LogP contribution in [0.25, 0.3) is 22.3 Å². The first-order chi connectivity index (χ1) is 17.6. The van der Waals surface area contributed by atoms with Crippen LogP contribution in [0.3, 0.4) is 0 Å². The Labute approximate surface area is 208 Å². The number of amides is 1. The topological polar surface area (TPSA) is 112 Å². The van der Waals surface area contributed by atoms with Crippen molar-refractivity contribution in [3.63, 3.8) is 0 Å². The molecule has 1 amide bonds. The fraction of sp³-hybridized carbons (Fsp3) is 0.346. The first kappa shape index (κ1) is 22.4. The van der Waals surface area contributed by atoms with Gasteiger partial charge in [-0.1, -0.05) is 6.07 Å². The van der Waals surface area contributed by atoms with Crippen LogP contribution in [0.2, 0.25) is 0 Å². The van der Waals surface area contributed by atoms with E-state index in [-0.39, 0.29) is 0 Å². The van der Waals surface area contributed by atoms with Gasteiger partial charge in [0.15, 0.2) is 0 Å². The summed E-state index contributed by atoms with van der Waals surface area (Å²) in [4.78, 5) is 37.6. The van der Waals surface area contributed by atoms with Gasteiger partial charge in [-0.05, 0) is 42.7 Å². The molecule has 4 aromatic rings. The van der Waals surface area contributed by atoms with Crippen molar-refractivity contribution in [3.05, 3.63) is 54.5 Å². The molecule has 2 fully saturated rings. The predicted octanol–water partition coefficient (Wildman–Crippen LogP) is 3.22. The Hall–Kier alpha value is -4.05. The minimum Gasteiger partial charge on any atom is -0.481 e. The molecular formula is C26H28N8O2. The van der Waals surface area contributed by atoms with Gasteiger partial charge in [-0.2, -0.15) is 0 Å². The summed E-state index contributed by atoms with van der Waals surface area (Å²) in [6.45, 7) is 4.25. The third-order valence-electron chi connectivity index (χ3n) is 6.72. The molecule has 1 saturated carbocycles. The average molecular weight is 485 g/mol. The highest BCUT2D eigenvalue weighted by Crippen LogP contribution is 2.31. The van der Waals surface area contributed by atoms with Crippen molar-refractivity contribution in [2.75, 3.05) is 38.6 Å². The first-order valence-corrected chi connectivity index (χ1v) is 12.2. The lowest BCUT2D eigenvalue weighted by Crippen LogP contribution is -2.48. The first-order valence-electron chi connectivity index (χ1n) is 12.2. The molecular weight excluding hydrogens is 456 g/mol. The predicted molar refractivity (Wildman–Crippen MR) is 136 cm³/mol. The van der Waals surface area contributed by atoms with Crippen molar-refractivity contribution in [2.45, 2.75) is 19.4 Å². The number of benzene rings is 1. The zero-order valence-electron chi connectivity index (χ0n) is 20.1. The van der Waals surface area contributed by atoms with E-state index in [2.05, 4.69) is 35.1 Å². The number of carbonyl (C=O) groups excluding carboxylic acids is 1. The molecule has 2 aliphatic rings. The number of hydrogen-bond acceptors (Lipinski definition) is 8. The summed E-state index contributed by atoms with van der Waals surface area (Å²) in [7, 11) is 1.59. The van der Waals surface area contributed by atoms with Crippen LogP contribution in [0.5, 0.6) is 5.88 Å². The quantitative estimate of drug-likeness (QED) is 0.411. The van der Waals surface area contributed by atoms with E-state index in [4.69, 9.17) is 4.74 Å². The second kappa shape index (κ2) is 9.54. The van der Waals surface area contributed by atoms with E-state index in [0.717, 1.165) is 73.7 Å². The van der Waals surface area contributed by atoms with E-state index >= 15 is 0 Å². The van der Waals surface area contributed by atoms with Crippen LogP contribution in [0.4, 0.5) is 11.8 Å². The number of fused-ring (bicyclic) bond motifs is 1. The molecule has 4 heterocycles. The maximum atomic E-state index is 12.3. The molecule has 0 radical (unpaired) electrons. The lowest BCUT2D eigenvalue weighted by atomic mass is 10.1. The van der Waals surface area contributed by atoms with Gasteiger partial charge >= 0.3 is 0 Å². The van der Waals surface area contributed by atoms with Gasteiger partial charge in [-0.3, -0.25) is 9.69 Å². The van der Waals surface area contributed by atoms with Gasteiger partial charge in [0.25, 0.3) is 0 Å². The summed E-state index contributed by atoms with van der Waals surface area (Å²) in [6.07, 6.45) is 5.43. The summed E-state index contributed by atoms with van der Waals surface area (Å²) in [5.74, 6) is 2.52. The van der Waals surface area contributed by atoms with Crippen molar-refractivity contribution in [3.8, 4) is 17.1 Å². The number of methoxy groups -OCH3 is 1. The molecule has 3 aromatic heterocycles. The molecule has 0 atom stereocenters. The fourth-order valence-corrected chi connectivity index (χ4v) is 4.57. The molecule has 0 spiro atoms. The van der Waals surface area contributed by atoms with Gasteiger partial charge in [0.2, 0.25) is 17.7 Å². The number of ether oxygens (including phenoxy) is 1. The van der Waals surface area contributed by atoms with Crippen molar-refractivity contribution in [1.82, 2.24) is 34.7 Å². The second-order valence-electron chi connectivity index (χ2n) is 9.31. The average Bonchev–Trinajstić information content (AvgIpc) is 3.68. The zero-order chi connectivity index (χ0) is 24.5. The number of anilines is 2. The molecule has 0 bridgehead atoms. The number of nitrogens with one attached hydrogen (secondary N) is 2. The van der Waals surface area contributed by atoms with Crippen molar-refractivity contribution in [1.29, 1.82) is 0 Å². The minimum absolute atomic E-state index is 0.297. The minimum atomic E-state index is 0.297. The Bertz CT molecular complexity index is 1390. The van der Waals surface area contributed by atoms with E-state index in [1.54, 1.807) is 13.2 Å². The number of piperazine rings is 1. The van der Waals surface area contributed by atoms with Gasteiger partial charge in [0.1, 0.15) is 12.1 Å². The molecule has 6 rings (SSSR count). The Morgan fingerprint density at radius 2 is 1.94 bits per heavy atom. The SMILES string of the molecule is COc1cc(-c2ccc3nc(Nc4cc(CN5CCN(C(=O)C6CC6)CC5)ccn4)[nH]c3c2)ncn1. The second-order valence-corrected chi connectivity index (χ2v) is 9.31. The Morgan fingerprint density at radius 3 is 2.75 bits per heavy atom. The molecule has 1 aliphatic heterocycles. The van der Waals surface area contributed by atoms with Crippen molar-refractivity contribution >= 4 is 28.7 Å². The van der Waals surface area contributed by atoms with Crippen molar-refractivity contribution in [2.24, 2.45) is 5.92 Å². The molecule has 36 heavy (non-hydrogen) atoms. The highest BCUT2D eigenvalue weighted by atomic mass is 16.5. The molecule has 1 aliphatic carbocycles. The van der Waals surface area contributed by atoms with E-state index in [1.165, 1.54) is 11.9 Å². The highest BCUT2D eigenvalue weighted by molar-refractivity contribution is 5.83. The standard InChI is InChI=1S/C26H28N8O2/c1-36-24-14-21(28-16-29-24)19-4-5-20-22(13-19)31-26(30-20)32-23-12-17(6-7-27-23)15-33-8-10-34(11-9-33)25(35)18-2-3-18/h4-7,12-14,16,18H,2-3,8-11,15H2,1H3,(H2,27,30,31,32). The van der Waals surface area contributed by atoms with Gasteiger partial charge in [-0.15, -0.1) is 0 Å². The lowest BCUT2D eigenvalue weighted by Gasteiger charge is -2.34. The van der Waals surface area contributed by atoms with E-state index in [9.17, 15) is 4.79 Å². The number of pyridine rings is 1. The molecule has 184 valence electrons. The molecule has 2 N–H and O–H groups in total. The maximum Gasteiger partial charge on any atom is 0.225 e. The van der Waals surface area contributed by atoms with Crippen molar-refractivity contribution < 1.29 is 9.53 Å². The summed E-state index contributed by atoms with van der Waals surface area (Å²) < 4.78 is 5.21. The Kier molecular flexibility index (Phi) is 5.94. The lowest BCUT2D eigenvalue weighted by molar-refractivity contribution is -0.134.